The molecule has 2 aromatic rings. The highest BCUT2D eigenvalue weighted by atomic mass is 35.5. The van der Waals surface area contributed by atoms with E-state index in [-0.39, 0.29) is 26.3 Å². The zero-order valence-electron chi connectivity index (χ0n) is 11.2. The number of carbonyl (C=O) groups excluding carboxylic acids is 1. The van der Waals surface area contributed by atoms with Crippen LogP contribution in [0.1, 0.15) is 10.4 Å². The van der Waals surface area contributed by atoms with Crippen LogP contribution in [0.2, 0.25) is 10.2 Å². The second kappa shape index (κ2) is 6.51. The number of carbonyl (C=O) groups is 1. The van der Waals surface area contributed by atoms with Crippen molar-refractivity contribution in [3.8, 4) is 0 Å². The number of ether oxygens (including phenoxy) is 1. The van der Waals surface area contributed by atoms with Gasteiger partial charge in [0.1, 0.15) is 10.0 Å². The van der Waals surface area contributed by atoms with Gasteiger partial charge >= 0.3 is 5.97 Å². The average Bonchev–Trinajstić information content (AvgIpc) is 2.48. The summed E-state index contributed by atoms with van der Waals surface area (Å²) in [5.74, 6) is -0.667. The first-order chi connectivity index (χ1) is 10.3. The van der Waals surface area contributed by atoms with Crippen molar-refractivity contribution >= 4 is 44.9 Å². The van der Waals surface area contributed by atoms with Gasteiger partial charge in [0.2, 0.25) is 0 Å². The highest BCUT2D eigenvalue weighted by Crippen LogP contribution is 2.23. The molecule has 0 aliphatic carbocycles. The number of methoxy groups -OCH3 is 1. The summed E-state index contributed by atoms with van der Waals surface area (Å²) in [5, 5.41) is 0.335. The molecule has 1 aromatic carbocycles. The summed E-state index contributed by atoms with van der Waals surface area (Å²) in [5.41, 5.74) is 0.221. The average molecular weight is 361 g/mol. The summed E-state index contributed by atoms with van der Waals surface area (Å²) in [6.07, 6.45) is 1.13. The number of sulfonamides is 1. The maximum absolute atomic E-state index is 12.2. The second-order valence-corrected chi connectivity index (χ2v) is 6.59. The van der Waals surface area contributed by atoms with Gasteiger partial charge in [-0.1, -0.05) is 23.2 Å². The quantitative estimate of drug-likeness (QED) is 0.669. The van der Waals surface area contributed by atoms with Gasteiger partial charge in [0.05, 0.1) is 17.7 Å². The number of anilines is 1. The van der Waals surface area contributed by atoms with Gasteiger partial charge in [-0.2, -0.15) is 0 Å². The van der Waals surface area contributed by atoms with Crippen LogP contribution < -0.4 is 4.72 Å². The van der Waals surface area contributed by atoms with E-state index in [1.54, 1.807) is 0 Å². The molecule has 1 aromatic heterocycles. The number of halogens is 2. The first-order valence-corrected chi connectivity index (χ1v) is 8.09. The molecule has 1 heterocycles. The predicted molar refractivity (Wildman–Crippen MR) is 82.8 cm³/mol. The molecule has 2 rings (SSSR count). The van der Waals surface area contributed by atoms with Gasteiger partial charge in [0, 0.05) is 11.9 Å². The molecule has 0 aliphatic heterocycles. The number of rotatable bonds is 4. The third-order valence-electron chi connectivity index (χ3n) is 2.63. The fourth-order valence-electron chi connectivity index (χ4n) is 1.59. The summed E-state index contributed by atoms with van der Waals surface area (Å²) in [7, 11) is -2.66. The van der Waals surface area contributed by atoms with E-state index in [2.05, 4.69) is 14.4 Å². The molecule has 0 amide bonds. The Bertz CT molecular complexity index is 807. The van der Waals surface area contributed by atoms with E-state index >= 15 is 0 Å². The minimum absolute atomic E-state index is 0.0543. The molecule has 0 fully saturated rings. The van der Waals surface area contributed by atoms with Crippen molar-refractivity contribution in [3.05, 3.63) is 52.3 Å². The van der Waals surface area contributed by atoms with E-state index < -0.39 is 16.0 Å². The molecule has 6 nitrogen and oxygen atoms in total. The van der Waals surface area contributed by atoms with Crippen LogP contribution in [0.25, 0.3) is 0 Å². The van der Waals surface area contributed by atoms with Crippen molar-refractivity contribution in [1.29, 1.82) is 0 Å². The summed E-state index contributed by atoms with van der Waals surface area (Å²) in [6.45, 7) is 0. The molecule has 9 heteroatoms. The topological polar surface area (TPSA) is 85.4 Å². The van der Waals surface area contributed by atoms with Crippen molar-refractivity contribution in [3.63, 3.8) is 0 Å². The fourth-order valence-corrected chi connectivity index (χ4v) is 2.89. The Morgan fingerprint density at radius 1 is 1.23 bits per heavy atom. The van der Waals surface area contributed by atoms with Crippen molar-refractivity contribution in [2.45, 2.75) is 4.90 Å². The smallest absolute Gasteiger partial charge is 0.339 e. The maximum Gasteiger partial charge on any atom is 0.339 e. The normalized spacial score (nSPS) is 11.0. The molecular formula is C13H10Cl2N2O4S. The van der Waals surface area contributed by atoms with Crippen LogP contribution in [0.3, 0.4) is 0 Å². The minimum Gasteiger partial charge on any atom is -0.465 e. The van der Waals surface area contributed by atoms with Gasteiger partial charge in [-0.25, -0.2) is 18.2 Å². The Labute approximate surface area is 137 Å². The lowest BCUT2D eigenvalue weighted by Gasteiger charge is -2.10. The minimum atomic E-state index is -3.86. The third kappa shape index (κ3) is 3.68. The van der Waals surface area contributed by atoms with E-state index in [9.17, 15) is 13.2 Å². The Morgan fingerprint density at radius 2 is 1.95 bits per heavy atom. The van der Waals surface area contributed by atoms with E-state index in [0.29, 0.717) is 0 Å². The van der Waals surface area contributed by atoms with Gasteiger partial charge in [0.15, 0.2) is 0 Å². The number of nitrogens with one attached hydrogen (secondary N) is 1. The van der Waals surface area contributed by atoms with Crippen molar-refractivity contribution in [2.24, 2.45) is 0 Å². The lowest BCUT2D eigenvalue weighted by molar-refractivity contribution is 0.0601. The largest absolute Gasteiger partial charge is 0.465 e. The molecule has 0 saturated heterocycles. The molecule has 0 saturated carbocycles. The fraction of sp³-hybridized carbons (Fsp3) is 0.0769. The molecule has 0 unspecified atom stereocenters. The number of esters is 1. The third-order valence-corrected chi connectivity index (χ3v) is 4.55. The van der Waals surface area contributed by atoms with Crippen molar-refractivity contribution < 1.29 is 17.9 Å². The summed E-state index contributed by atoms with van der Waals surface area (Å²) in [6, 6.07) is 6.78. The number of hydrogen-bond donors (Lipinski definition) is 1. The zero-order chi connectivity index (χ0) is 16.3. The van der Waals surface area contributed by atoms with Gasteiger partial charge in [-0.05, 0) is 30.3 Å². The lowest BCUT2D eigenvalue weighted by atomic mass is 10.2. The van der Waals surface area contributed by atoms with Gasteiger partial charge in [-0.3, -0.25) is 4.72 Å². The molecule has 0 atom stereocenters. The highest BCUT2D eigenvalue weighted by Gasteiger charge is 2.17. The van der Waals surface area contributed by atoms with Gasteiger partial charge in [0.25, 0.3) is 10.0 Å². The first kappa shape index (κ1) is 16.5. The second-order valence-electron chi connectivity index (χ2n) is 4.11. The molecule has 0 spiro atoms. The molecule has 22 heavy (non-hydrogen) atoms. The number of benzene rings is 1. The van der Waals surface area contributed by atoms with E-state index in [1.165, 1.54) is 37.4 Å². The number of pyridine rings is 1. The number of aromatic nitrogens is 1. The molecule has 116 valence electrons. The van der Waals surface area contributed by atoms with Gasteiger partial charge < -0.3 is 4.74 Å². The first-order valence-electron chi connectivity index (χ1n) is 5.86. The van der Waals surface area contributed by atoms with Crippen LogP contribution >= 0.6 is 23.2 Å². The van der Waals surface area contributed by atoms with Crippen LogP contribution in [-0.2, 0) is 14.8 Å². The molecule has 0 aliphatic rings. The molecule has 0 radical (unpaired) electrons. The van der Waals surface area contributed by atoms with Crippen LogP contribution in [0, 0.1) is 0 Å². The summed E-state index contributed by atoms with van der Waals surface area (Å²) < 4.78 is 31.3. The summed E-state index contributed by atoms with van der Waals surface area (Å²) >= 11 is 11.5. The van der Waals surface area contributed by atoms with Gasteiger partial charge in [-0.15, -0.1) is 0 Å². The predicted octanol–water partition coefficient (Wildman–Crippen LogP) is 2.98. The SMILES string of the molecule is COC(=O)c1cc(NS(=O)(=O)c2ccc(Cl)nc2)ccc1Cl. The molecular weight excluding hydrogens is 351 g/mol. The van der Waals surface area contributed by atoms with E-state index in [4.69, 9.17) is 23.2 Å². The monoisotopic (exact) mass is 360 g/mol. The van der Waals surface area contributed by atoms with E-state index in [0.717, 1.165) is 6.20 Å². The Morgan fingerprint density at radius 3 is 2.55 bits per heavy atom. The Kier molecular flexibility index (Phi) is 4.90. The Hall–Kier alpha value is -1.83. The Balaban J connectivity index is 2.34. The van der Waals surface area contributed by atoms with Crippen LogP contribution in [-0.4, -0.2) is 26.5 Å². The van der Waals surface area contributed by atoms with Crippen molar-refractivity contribution in [1.82, 2.24) is 4.98 Å². The maximum atomic E-state index is 12.2. The zero-order valence-corrected chi connectivity index (χ0v) is 13.5. The van der Waals surface area contributed by atoms with Crippen LogP contribution in [0.4, 0.5) is 5.69 Å². The van der Waals surface area contributed by atoms with Crippen molar-refractivity contribution in [2.75, 3.05) is 11.8 Å². The summed E-state index contributed by atoms with van der Waals surface area (Å²) in [4.78, 5) is 15.2. The number of nitrogens with zero attached hydrogens (tertiary/aromatic N) is 1. The standard InChI is InChI=1S/C13H10Cl2N2O4S/c1-21-13(18)10-6-8(2-4-11(10)14)17-22(19,20)9-3-5-12(15)16-7-9/h2-7,17H,1H3. The lowest BCUT2D eigenvalue weighted by Crippen LogP contribution is -2.14. The van der Waals surface area contributed by atoms with E-state index in [1.807, 2.05) is 0 Å². The molecule has 0 bridgehead atoms. The highest BCUT2D eigenvalue weighted by molar-refractivity contribution is 7.92. The van der Waals surface area contributed by atoms with Crippen LogP contribution in [0.5, 0.6) is 0 Å². The number of hydrogen-bond acceptors (Lipinski definition) is 5. The van der Waals surface area contributed by atoms with Crippen LogP contribution in [0.15, 0.2) is 41.4 Å². The molecule has 1 N–H and O–H groups in total.